The van der Waals surface area contributed by atoms with E-state index in [0.29, 0.717) is 28.5 Å². The van der Waals surface area contributed by atoms with E-state index in [1.165, 1.54) is 6.07 Å². The highest BCUT2D eigenvalue weighted by molar-refractivity contribution is 6.30. The monoisotopic (exact) mass is 309 g/mol. The zero-order valence-corrected chi connectivity index (χ0v) is 12.7. The summed E-state index contributed by atoms with van der Waals surface area (Å²) in [7, 11) is 3.14. The van der Waals surface area contributed by atoms with Gasteiger partial charge in [-0.15, -0.1) is 0 Å². The van der Waals surface area contributed by atoms with Crippen LogP contribution in [0.15, 0.2) is 36.4 Å². The van der Waals surface area contributed by atoms with Gasteiger partial charge in [0.25, 0.3) is 0 Å². The van der Waals surface area contributed by atoms with Gasteiger partial charge in [0.1, 0.15) is 17.3 Å². The molecule has 0 radical (unpaired) electrons. The van der Waals surface area contributed by atoms with E-state index in [-0.39, 0.29) is 11.9 Å². The van der Waals surface area contributed by atoms with Crippen LogP contribution in [-0.4, -0.2) is 14.2 Å². The Labute approximate surface area is 128 Å². The molecule has 1 unspecified atom stereocenters. The molecule has 0 amide bonds. The summed E-state index contributed by atoms with van der Waals surface area (Å²) in [6.07, 6.45) is 0.353. The number of hydrogen-bond donors (Lipinski definition) is 1. The average molecular weight is 310 g/mol. The number of halogens is 2. The molecule has 0 aromatic heterocycles. The molecular weight excluding hydrogens is 293 g/mol. The minimum atomic E-state index is -0.387. The van der Waals surface area contributed by atoms with Gasteiger partial charge >= 0.3 is 0 Å². The summed E-state index contributed by atoms with van der Waals surface area (Å²) >= 11 is 5.75. The zero-order chi connectivity index (χ0) is 15.4. The standard InChI is InChI=1S/C16H17ClFNO2/c1-20-12-5-6-13(16(9-12)21-2)15(19)7-10-3-4-11(17)8-14(10)18/h3-6,8-9,15H,7,19H2,1-2H3. The summed E-state index contributed by atoms with van der Waals surface area (Å²) in [5, 5.41) is 0.367. The van der Waals surface area contributed by atoms with Gasteiger partial charge in [0.15, 0.2) is 0 Å². The van der Waals surface area contributed by atoms with E-state index in [9.17, 15) is 4.39 Å². The van der Waals surface area contributed by atoms with Crippen molar-refractivity contribution in [2.75, 3.05) is 14.2 Å². The van der Waals surface area contributed by atoms with Crippen LogP contribution in [0.3, 0.4) is 0 Å². The van der Waals surface area contributed by atoms with Gasteiger partial charge in [-0.25, -0.2) is 4.39 Å². The third kappa shape index (κ3) is 3.65. The highest BCUT2D eigenvalue weighted by Gasteiger charge is 2.15. The summed E-state index contributed by atoms with van der Waals surface area (Å²) in [4.78, 5) is 0. The quantitative estimate of drug-likeness (QED) is 0.915. The number of hydrogen-bond acceptors (Lipinski definition) is 3. The first-order valence-electron chi connectivity index (χ1n) is 6.46. The fourth-order valence-corrected chi connectivity index (χ4v) is 2.32. The van der Waals surface area contributed by atoms with E-state index >= 15 is 0 Å². The van der Waals surface area contributed by atoms with Gasteiger partial charge in [-0.05, 0) is 30.2 Å². The molecule has 2 aromatic carbocycles. The van der Waals surface area contributed by atoms with Crippen LogP contribution < -0.4 is 15.2 Å². The molecule has 3 nitrogen and oxygen atoms in total. The van der Waals surface area contributed by atoms with Crippen LogP contribution in [-0.2, 0) is 6.42 Å². The number of benzene rings is 2. The van der Waals surface area contributed by atoms with Gasteiger partial charge in [0.05, 0.1) is 14.2 Å². The second-order valence-electron chi connectivity index (χ2n) is 4.65. The molecule has 1 atom stereocenters. The third-order valence-corrected chi connectivity index (χ3v) is 3.53. The molecule has 2 aromatic rings. The first-order valence-corrected chi connectivity index (χ1v) is 6.84. The van der Waals surface area contributed by atoms with Gasteiger partial charge < -0.3 is 15.2 Å². The lowest BCUT2D eigenvalue weighted by molar-refractivity contribution is 0.388. The summed E-state index contributed by atoms with van der Waals surface area (Å²) in [5.74, 6) is 0.946. The number of nitrogens with two attached hydrogens (primary N) is 1. The van der Waals surface area contributed by atoms with Crippen molar-refractivity contribution < 1.29 is 13.9 Å². The maximum atomic E-state index is 13.8. The molecule has 0 aliphatic heterocycles. The molecule has 0 aliphatic rings. The third-order valence-electron chi connectivity index (χ3n) is 3.30. The molecule has 0 saturated carbocycles. The van der Waals surface area contributed by atoms with Crippen LogP contribution in [0, 0.1) is 5.82 Å². The van der Waals surface area contributed by atoms with Crippen molar-refractivity contribution >= 4 is 11.6 Å². The van der Waals surface area contributed by atoms with Crippen molar-refractivity contribution in [2.45, 2.75) is 12.5 Å². The highest BCUT2D eigenvalue weighted by Crippen LogP contribution is 2.30. The average Bonchev–Trinajstić information content (AvgIpc) is 2.49. The second-order valence-corrected chi connectivity index (χ2v) is 5.09. The van der Waals surface area contributed by atoms with Crippen molar-refractivity contribution in [3.63, 3.8) is 0 Å². The van der Waals surface area contributed by atoms with E-state index in [0.717, 1.165) is 5.56 Å². The Bertz CT molecular complexity index is 634. The lowest BCUT2D eigenvalue weighted by Gasteiger charge is -2.17. The normalized spacial score (nSPS) is 12.0. The summed E-state index contributed by atoms with van der Waals surface area (Å²) in [6.45, 7) is 0. The molecule has 2 rings (SSSR count). The first-order chi connectivity index (χ1) is 10.0. The lowest BCUT2D eigenvalue weighted by atomic mass is 9.98. The predicted octanol–water partition coefficient (Wildman–Crippen LogP) is 3.74. The Morgan fingerprint density at radius 3 is 2.52 bits per heavy atom. The Hall–Kier alpha value is -1.78. The lowest BCUT2D eigenvalue weighted by Crippen LogP contribution is -2.15. The van der Waals surface area contributed by atoms with E-state index in [4.69, 9.17) is 26.8 Å². The van der Waals surface area contributed by atoms with Crippen molar-refractivity contribution in [2.24, 2.45) is 5.73 Å². The molecule has 0 heterocycles. The van der Waals surface area contributed by atoms with Crippen LogP contribution in [0.25, 0.3) is 0 Å². The van der Waals surface area contributed by atoms with Crippen LogP contribution >= 0.6 is 11.6 Å². The van der Waals surface area contributed by atoms with Crippen LogP contribution in [0.2, 0.25) is 5.02 Å². The van der Waals surface area contributed by atoms with Gasteiger partial charge in [-0.2, -0.15) is 0 Å². The first kappa shape index (κ1) is 15.6. The Morgan fingerprint density at radius 2 is 1.90 bits per heavy atom. The fourth-order valence-electron chi connectivity index (χ4n) is 2.16. The molecule has 5 heteroatoms. The Morgan fingerprint density at radius 1 is 1.14 bits per heavy atom. The van der Waals surface area contributed by atoms with Crippen LogP contribution in [0.4, 0.5) is 4.39 Å². The van der Waals surface area contributed by atoms with E-state index in [1.54, 1.807) is 38.5 Å². The molecule has 0 spiro atoms. The molecular formula is C16H17ClFNO2. The minimum Gasteiger partial charge on any atom is -0.497 e. The van der Waals surface area contributed by atoms with Crippen LogP contribution in [0.5, 0.6) is 11.5 Å². The minimum absolute atomic E-state index is 0.353. The highest BCUT2D eigenvalue weighted by atomic mass is 35.5. The van der Waals surface area contributed by atoms with Crippen molar-refractivity contribution in [3.05, 3.63) is 58.4 Å². The largest absolute Gasteiger partial charge is 0.497 e. The molecule has 0 fully saturated rings. The summed E-state index contributed by atoms with van der Waals surface area (Å²) in [6, 6.07) is 9.58. The Balaban J connectivity index is 2.25. The summed E-state index contributed by atoms with van der Waals surface area (Å²) < 4.78 is 24.3. The molecule has 0 saturated heterocycles. The number of rotatable bonds is 5. The zero-order valence-electron chi connectivity index (χ0n) is 11.9. The van der Waals surface area contributed by atoms with E-state index in [1.807, 2.05) is 6.07 Å². The Kier molecular flexibility index (Phi) is 5.04. The molecule has 112 valence electrons. The molecule has 0 bridgehead atoms. The van der Waals surface area contributed by atoms with Gasteiger partial charge in [0, 0.05) is 22.7 Å². The van der Waals surface area contributed by atoms with Crippen LogP contribution in [0.1, 0.15) is 17.2 Å². The second kappa shape index (κ2) is 6.78. The summed E-state index contributed by atoms with van der Waals surface area (Å²) in [5.41, 5.74) is 7.50. The topological polar surface area (TPSA) is 44.5 Å². The maximum absolute atomic E-state index is 13.8. The van der Waals surface area contributed by atoms with Crippen molar-refractivity contribution in [3.8, 4) is 11.5 Å². The number of methoxy groups -OCH3 is 2. The van der Waals surface area contributed by atoms with Gasteiger partial charge in [0.2, 0.25) is 0 Å². The number of ether oxygens (including phenoxy) is 2. The van der Waals surface area contributed by atoms with Gasteiger partial charge in [-0.3, -0.25) is 0 Å². The van der Waals surface area contributed by atoms with Crippen molar-refractivity contribution in [1.82, 2.24) is 0 Å². The maximum Gasteiger partial charge on any atom is 0.127 e. The smallest absolute Gasteiger partial charge is 0.127 e. The van der Waals surface area contributed by atoms with Crippen molar-refractivity contribution in [1.29, 1.82) is 0 Å². The van der Waals surface area contributed by atoms with E-state index < -0.39 is 0 Å². The molecule has 2 N–H and O–H groups in total. The predicted molar refractivity (Wildman–Crippen MR) is 81.6 cm³/mol. The fraction of sp³-hybridized carbons (Fsp3) is 0.250. The SMILES string of the molecule is COc1ccc(C(N)Cc2ccc(Cl)cc2F)c(OC)c1. The van der Waals surface area contributed by atoms with E-state index in [2.05, 4.69) is 0 Å². The molecule has 0 aliphatic carbocycles. The molecule has 21 heavy (non-hydrogen) atoms. The van der Waals surface area contributed by atoms with Gasteiger partial charge in [-0.1, -0.05) is 23.7 Å².